The molecule has 0 aliphatic carbocycles. The van der Waals surface area contributed by atoms with Crippen molar-refractivity contribution < 1.29 is 15.3 Å². The van der Waals surface area contributed by atoms with Gasteiger partial charge in [-0.25, -0.2) is 0 Å². The monoisotopic (exact) mass is 671 g/mol. The zero-order chi connectivity index (χ0) is 35.7. The summed E-state index contributed by atoms with van der Waals surface area (Å²) in [7, 11) is 0. The summed E-state index contributed by atoms with van der Waals surface area (Å²) in [6.45, 7) is 0. The lowest BCUT2D eigenvalue weighted by Gasteiger charge is -2.04. The van der Waals surface area contributed by atoms with Crippen molar-refractivity contribution >= 4 is 0 Å². The van der Waals surface area contributed by atoms with E-state index in [1.165, 1.54) is 83.5 Å². The molecule has 3 nitrogen and oxygen atoms in total. The smallest absolute Gasteiger partial charge is 0.176 e. The first-order chi connectivity index (χ1) is 24.1. The molecule has 49 heavy (non-hydrogen) atoms. The maximum Gasteiger partial charge on any atom is 0.176 e. The van der Waals surface area contributed by atoms with E-state index < -0.39 is 12.2 Å². The van der Waals surface area contributed by atoms with E-state index in [2.05, 4.69) is 53.8 Å². The van der Waals surface area contributed by atoms with E-state index >= 15 is 0 Å². The molecule has 0 aromatic rings. The molecule has 0 aliphatic rings. The summed E-state index contributed by atoms with van der Waals surface area (Å²) < 4.78 is 0. The number of hydrogen-bond acceptors (Lipinski definition) is 3. The van der Waals surface area contributed by atoms with Gasteiger partial charge in [0.2, 0.25) is 0 Å². The van der Waals surface area contributed by atoms with Gasteiger partial charge >= 0.3 is 0 Å². The van der Waals surface area contributed by atoms with Crippen molar-refractivity contribution in [3.05, 3.63) is 48.6 Å². The third-order valence-electron chi connectivity index (χ3n) is 8.41. The van der Waals surface area contributed by atoms with Crippen molar-refractivity contribution in [3.63, 3.8) is 0 Å². The molecule has 272 valence electrons. The summed E-state index contributed by atoms with van der Waals surface area (Å²) in [5.41, 5.74) is 0. The Kier molecular flexibility index (Phi) is 37.2. The fourth-order valence-corrected chi connectivity index (χ4v) is 5.44. The van der Waals surface area contributed by atoms with Gasteiger partial charge in [-0.15, -0.1) is 12.8 Å². The van der Waals surface area contributed by atoms with E-state index in [1.54, 1.807) is 6.08 Å². The van der Waals surface area contributed by atoms with Crippen LogP contribution < -0.4 is 0 Å². The average Bonchev–Trinajstić information content (AvgIpc) is 3.10. The summed E-state index contributed by atoms with van der Waals surface area (Å²) >= 11 is 0. The van der Waals surface area contributed by atoms with E-state index in [1.807, 2.05) is 24.3 Å². The first-order valence-corrected chi connectivity index (χ1v) is 19.7. The lowest BCUT2D eigenvalue weighted by atomic mass is 10.0. The van der Waals surface area contributed by atoms with E-state index in [0.717, 1.165) is 83.5 Å². The van der Waals surface area contributed by atoms with Gasteiger partial charge in [-0.2, -0.15) is 0 Å². The van der Waals surface area contributed by atoms with Crippen LogP contribution in [0.15, 0.2) is 48.6 Å². The number of aliphatic hydroxyl groups is 3. The Balaban J connectivity index is 3.52. The average molecular weight is 671 g/mol. The lowest BCUT2D eigenvalue weighted by molar-refractivity contribution is 0.208. The molecule has 0 spiro atoms. The highest BCUT2D eigenvalue weighted by atomic mass is 16.3. The number of terminal acetylenes is 2. The number of allylic oxidation sites excluding steroid dienone is 6. The standard InChI is InChI=1S/C46H70O3/c1-3-5-6-7-8-9-10-11-12-13-14-15-16-17-18-19-20-21-22-26-30-35-40-45(48)42-37-32-28-33-38-43-46(49)41-36-31-27-24-23-25-29-34-39-44(47)4-2/h1-2,5-6,21-22,34,37,39,42,44-49H,7-20,23-33,35,40H2/b6-5?,22-21?,39-34+,42-37+/t44-,45?,46+/m0/s1. The second-order valence-corrected chi connectivity index (χ2v) is 13.1. The Labute approximate surface area is 303 Å². The highest BCUT2D eigenvalue weighted by Crippen LogP contribution is 2.14. The largest absolute Gasteiger partial charge is 0.389 e. The predicted octanol–water partition coefficient (Wildman–Crippen LogP) is 11.1. The van der Waals surface area contributed by atoms with E-state index in [4.69, 9.17) is 12.8 Å². The van der Waals surface area contributed by atoms with Crippen LogP contribution in [0, 0.1) is 48.4 Å². The van der Waals surface area contributed by atoms with E-state index in [-0.39, 0.29) is 6.10 Å². The molecule has 0 aliphatic heterocycles. The lowest BCUT2D eigenvalue weighted by Crippen LogP contribution is -2.01. The van der Waals surface area contributed by atoms with Crippen LogP contribution in [0.2, 0.25) is 0 Å². The molecule has 3 N–H and O–H groups in total. The molecule has 0 bridgehead atoms. The van der Waals surface area contributed by atoms with Crippen molar-refractivity contribution in [1.82, 2.24) is 0 Å². The molecule has 0 saturated carbocycles. The number of aliphatic hydroxyl groups excluding tert-OH is 3. The molecule has 0 rings (SSSR count). The minimum Gasteiger partial charge on any atom is -0.389 e. The Morgan fingerprint density at radius 2 is 0.878 bits per heavy atom. The van der Waals surface area contributed by atoms with Gasteiger partial charge in [-0.05, 0) is 89.2 Å². The molecule has 0 heterocycles. The van der Waals surface area contributed by atoms with Crippen LogP contribution in [0.5, 0.6) is 0 Å². The zero-order valence-electron chi connectivity index (χ0n) is 30.9. The van der Waals surface area contributed by atoms with Gasteiger partial charge in [0.15, 0.2) is 6.10 Å². The molecular weight excluding hydrogens is 601 g/mol. The molecule has 3 heteroatoms. The van der Waals surface area contributed by atoms with Crippen LogP contribution in [0.1, 0.15) is 173 Å². The number of unbranched alkanes of at least 4 members (excludes halogenated alkanes) is 22. The van der Waals surface area contributed by atoms with Crippen LogP contribution >= 0.6 is 0 Å². The van der Waals surface area contributed by atoms with Crippen LogP contribution in [0.25, 0.3) is 0 Å². The van der Waals surface area contributed by atoms with Gasteiger partial charge in [0.25, 0.3) is 0 Å². The van der Waals surface area contributed by atoms with Crippen LogP contribution in [-0.2, 0) is 0 Å². The highest BCUT2D eigenvalue weighted by molar-refractivity contribution is 5.19. The minimum atomic E-state index is -0.880. The molecule has 0 aromatic carbocycles. The quantitative estimate of drug-likeness (QED) is 0.0391. The van der Waals surface area contributed by atoms with Crippen LogP contribution in [-0.4, -0.2) is 33.6 Å². The molecule has 0 saturated heterocycles. The Hall–Kier alpha value is -2.92. The molecule has 0 aromatic heterocycles. The summed E-state index contributed by atoms with van der Waals surface area (Å²) in [4.78, 5) is 0. The Morgan fingerprint density at radius 3 is 1.43 bits per heavy atom. The van der Waals surface area contributed by atoms with Crippen molar-refractivity contribution in [2.75, 3.05) is 0 Å². The van der Waals surface area contributed by atoms with E-state index in [0.29, 0.717) is 6.42 Å². The summed E-state index contributed by atoms with van der Waals surface area (Å²) in [6.07, 6.45) is 55.7. The third kappa shape index (κ3) is 39.4. The molecule has 0 fully saturated rings. The molecule has 1 unspecified atom stereocenters. The summed E-state index contributed by atoms with van der Waals surface area (Å²) in [5, 5.41) is 29.3. The van der Waals surface area contributed by atoms with Gasteiger partial charge in [0.05, 0.1) is 6.10 Å². The second kappa shape index (κ2) is 39.5. The van der Waals surface area contributed by atoms with Gasteiger partial charge in [-0.3, -0.25) is 0 Å². The zero-order valence-corrected chi connectivity index (χ0v) is 30.9. The topological polar surface area (TPSA) is 60.7 Å². The predicted molar refractivity (Wildman–Crippen MR) is 212 cm³/mol. The van der Waals surface area contributed by atoms with Crippen molar-refractivity contribution in [1.29, 1.82) is 0 Å². The van der Waals surface area contributed by atoms with Crippen molar-refractivity contribution in [3.8, 4) is 48.4 Å². The first kappa shape index (κ1) is 46.1. The summed E-state index contributed by atoms with van der Waals surface area (Å²) in [6, 6.07) is 0. The molecular formula is C46H70O3. The normalized spacial score (nSPS) is 13.2. The third-order valence-corrected chi connectivity index (χ3v) is 8.41. The molecule has 3 atom stereocenters. The SMILES string of the molecule is C#CC=CCCCCCCCCCCCCCCC=CCCCCC(O)/C=C/CCCC#C[C@H](O)C#CCCCCCC/C=C/[C@@H](O)C#C. The Bertz CT molecular complexity index is 1060. The maximum atomic E-state index is 10.2. The highest BCUT2D eigenvalue weighted by Gasteiger charge is 1.98. The van der Waals surface area contributed by atoms with Gasteiger partial charge in [0, 0.05) is 12.8 Å². The van der Waals surface area contributed by atoms with Crippen molar-refractivity contribution in [2.45, 2.75) is 192 Å². The van der Waals surface area contributed by atoms with E-state index in [9.17, 15) is 15.3 Å². The fourth-order valence-electron chi connectivity index (χ4n) is 5.44. The van der Waals surface area contributed by atoms with Crippen molar-refractivity contribution in [2.24, 2.45) is 0 Å². The Morgan fingerprint density at radius 1 is 0.449 bits per heavy atom. The van der Waals surface area contributed by atoms with Gasteiger partial charge < -0.3 is 15.3 Å². The van der Waals surface area contributed by atoms with Gasteiger partial charge in [-0.1, -0.05) is 155 Å². The van der Waals surface area contributed by atoms with Crippen LogP contribution in [0.4, 0.5) is 0 Å². The first-order valence-electron chi connectivity index (χ1n) is 19.7. The number of rotatable bonds is 31. The fraction of sp³-hybridized carbons (Fsp3) is 0.652. The molecule has 0 amide bonds. The van der Waals surface area contributed by atoms with Gasteiger partial charge in [0.1, 0.15) is 6.10 Å². The second-order valence-electron chi connectivity index (χ2n) is 13.1. The minimum absolute atomic E-state index is 0.366. The maximum absolute atomic E-state index is 10.2. The summed E-state index contributed by atoms with van der Waals surface area (Å²) in [5.74, 6) is 16.5. The molecule has 0 radical (unpaired) electrons. The number of hydrogen-bond donors (Lipinski definition) is 3. The van der Waals surface area contributed by atoms with Crippen LogP contribution in [0.3, 0.4) is 0 Å².